The van der Waals surface area contributed by atoms with Crippen LogP contribution >= 0.6 is 11.3 Å². The van der Waals surface area contributed by atoms with Crippen molar-refractivity contribution in [3.63, 3.8) is 0 Å². The maximum atomic E-state index is 3.54. The molecule has 1 heterocycles. The van der Waals surface area contributed by atoms with Gasteiger partial charge in [-0.1, -0.05) is 13.8 Å². The van der Waals surface area contributed by atoms with Gasteiger partial charge in [0.25, 0.3) is 0 Å². The van der Waals surface area contributed by atoms with E-state index in [0.717, 1.165) is 12.5 Å². The summed E-state index contributed by atoms with van der Waals surface area (Å²) in [7, 11) is 0. The average molecular weight is 197 g/mol. The van der Waals surface area contributed by atoms with E-state index in [1.807, 2.05) is 11.3 Å². The Morgan fingerprint density at radius 3 is 2.54 bits per heavy atom. The van der Waals surface area contributed by atoms with Crippen LogP contribution in [0, 0.1) is 12.8 Å². The van der Waals surface area contributed by atoms with Crippen LogP contribution in [0.4, 0.5) is 0 Å². The summed E-state index contributed by atoms with van der Waals surface area (Å²) in [5.74, 6) is 0.725. The van der Waals surface area contributed by atoms with Crippen molar-refractivity contribution >= 4 is 11.3 Å². The minimum atomic E-state index is 0.502. The fraction of sp³-hybridized carbons (Fsp3) is 0.636. The number of hydrogen-bond donors (Lipinski definition) is 1. The Balaban J connectivity index is 2.49. The Morgan fingerprint density at radius 2 is 2.08 bits per heavy atom. The van der Waals surface area contributed by atoms with Crippen LogP contribution < -0.4 is 5.32 Å². The Bertz CT molecular complexity index is 252. The average Bonchev–Trinajstić information content (AvgIpc) is 2.47. The molecule has 1 atom stereocenters. The summed E-state index contributed by atoms with van der Waals surface area (Å²) < 4.78 is 0. The first-order valence-corrected chi connectivity index (χ1v) is 5.76. The minimum absolute atomic E-state index is 0.502. The predicted molar refractivity (Wildman–Crippen MR) is 60.3 cm³/mol. The van der Waals surface area contributed by atoms with Crippen molar-refractivity contribution in [2.45, 2.75) is 33.7 Å². The Hall–Kier alpha value is -0.340. The van der Waals surface area contributed by atoms with Gasteiger partial charge in [0.15, 0.2) is 0 Å². The Morgan fingerprint density at radius 1 is 1.38 bits per heavy atom. The number of hydrogen-bond acceptors (Lipinski definition) is 2. The molecule has 0 aliphatic carbocycles. The zero-order valence-corrected chi connectivity index (χ0v) is 9.74. The zero-order valence-electron chi connectivity index (χ0n) is 8.92. The molecule has 2 heteroatoms. The van der Waals surface area contributed by atoms with Crippen LogP contribution in [0.1, 0.15) is 37.3 Å². The molecule has 0 saturated heterocycles. The summed E-state index contributed by atoms with van der Waals surface area (Å²) in [6, 6.07) is 2.69. The molecule has 0 spiro atoms. The molecule has 1 unspecified atom stereocenters. The van der Waals surface area contributed by atoms with E-state index < -0.39 is 0 Å². The molecule has 13 heavy (non-hydrogen) atoms. The van der Waals surface area contributed by atoms with Gasteiger partial charge in [0.2, 0.25) is 0 Å². The van der Waals surface area contributed by atoms with Crippen LogP contribution in [0.2, 0.25) is 0 Å². The molecule has 0 aliphatic rings. The largest absolute Gasteiger partial charge is 0.309 e. The molecule has 0 bridgehead atoms. The molecule has 0 radical (unpaired) electrons. The van der Waals surface area contributed by atoms with Gasteiger partial charge in [0, 0.05) is 10.9 Å². The van der Waals surface area contributed by atoms with Gasteiger partial charge in [-0.3, -0.25) is 0 Å². The third-order valence-electron chi connectivity index (χ3n) is 2.13. The number of rotatable bonds is 4. The van der Waals surface area contributed by atoms with E-state index in [0.29, 0.717) is 6.04 Å². The summed E-state index contributed by atoms with van der Waals surface area (Å²) in [6.45, 7) is 9.99. The van der Waals surface area contributed by atoms with Gasteiger partial charge in [-0.15, -0.1) is 11.3 Å². The number of thiophene rings is 1. The number of nitrogens with one attached hydrogen (secondary N) is 1. The molecule has 1 aromatic rings. The highest BCUT2D eigenvalue weighted by Crippen LogP contribution is 2.23. The molecular weight excluding hydrogens is 178 g/mol. The van der Waals surface area contributed by atoms with Crippen molar-refractivity contribution < 1.29 is 0 Å². The molecular formula is C11H19NS. The first-order valence-electron chi connectivity index (χ1n) is 4.88. The van der Waals surface area contributed by atoms with Gasteiger partial charge < -0.3 is 5.32 Å². The van der Waals surface area contributed by atoms with Crippen LogP contribution in [-0.4, -0.2) is 6.54 Å². The van der Waals surface area contributed by atoms with Crippen molar-refractivity contribution in [2.75, 3.05) is 6.54 Å². The molecule has 0 fully saturated rings. The smallest absolute Gasteiger partial charge is 0.0388 e. The first kappa shape index (κ1) is 10.7. The molecule has 1 aromatic heterocycles. The summed E-state index contributed by atoms with van der Waals surface area (Å²) >= 11 is 1.85. The van der Waals surface area contributed by atoms with Crippen molar-refractivity contribution in [2.24, 2.45) is 5.92 Å². The first-order chi connectivity index (χ1) is 6.11. The highest BCUT2D eigenvalue weighted by atomic mass is 32.1. The van der Waals surface area contributed by atoms with Crippen molar-refractivity contribution in [3.8, 4) is 0 Å². The third kappa shape index (κ3) is 3.12. The second-order valence-electron chi connectivity index (χ2n) is 3.99. The summed E-state index contributed by atoms with van der Waals surface area (Å²) in [5, 5.41) is 5.70. The summed E-state index contributed by atoms with van der Waals surface area (Å²) in [4.78, 5) is 1.47. The van der Waals surface area contributed by atoms with Crippen LogP contribution in [0.15, 0.2) is 11.4 Å². The standard InChI is InChI=1S/C11H19NS/c1-8(2)7-12-10(4)11-9(3)5-6-13-11/h5-6,8,10,12H,7H2,1-4H3. The lowest BCUT2D eigenvalue weighted by Crippen LogP contribution is -2.22. The quantitative estimate of drug-likeness (QED) is 0.780. The van der Waals surface area contributed by atoms with Gasteiger partial charge in [-0.05, 0) is 43.3 Å². The fourth-order valence-electron chi connectivity index (χ4n) is 1.33. The van der Waals surface area contributed by atoms with Crippen LogP contribution in [-0.2, 0) is 0 Å². The Kier molecular flexibility index (Phi) is 3.94. The SMILES string of the molecule is Cc1ccsc1C(C)NCC(C)C. The Labute approximate surface area is 85.2 Å². The predicted octanol–water partition coefficient (Wildman–Crippen LogP) is 3.36. The molecule has 74 valence electrons. The van der Waals surface area contributed by atoms with E-state index in [1.165, 1.54) is 10.4 Å². The molecule has 0 saturated carbocycles. The van der Waals surface area contributed by atoms with Gasteiger partial charge in [0.1, 0.15) is 0 Å². The normalized spacial score (nSPS) is 13.6. The maximum absolute atomic E-state index is 3.54. The molecule has 0 aromatic carbocycles. The van der Waals surface area contributed by atoms with E-state index in [9.17, 15) is 0 Å². The van der Waals surface area contributed by atoms with E-state index >= 15 is 0 Å². The van der Waals surface area contributed by atoms with Crippen LogP contribution in [0.5, 0.6) is 0 Å². The molecule has 1 nitrogen and oxygen atoms in total. The second-order valence-corrected chi connectivity index (χ2v) is 4.94. The fourth-order valence-corrected chi connectivity index (χ4v) is 2.29. The van der Waals surface area contributed by atoms with Crippen LogP contribution in [0.3, 0.4) is 0 Å². The second kappa shape index (κ2) is 4.77. The summed E-state index contributed by atoms with van der Waals surface area (Å²) in [6.07, 6.45) is 0. The van der Waals surface area contributed by atoms with Crippen molar-refractivity contribution in [1.82, 2.24) is 5.32 Å². The van der Waals surface area contributed by atoms with Gasteiger partial charge in [0.05, 0.1) is 0 Å². The number of aryl methyl sites for hydroxylation is 1. The molecule has 1 N–H and O–H groups in total. The van der Waals surface area contributed by atoms with Crippen molar-refractivity contribution in [3.05, 3.63) is 21.9 Å². The summed E-state index contributed by atoms with van der Waals surface area (Å²) in [5.41, 5.74) is 1.41. The van der Waals surface area contributed by atoms with Gasteiger partial charge in [-0.2, -0.15) is 0 Å². The molecule has 0 aliphatic heterocycles. The van der Waals surface area contributed by atoms with Crippen molar-refractivity contribution in [1.29, 1.82) is 0 Å². The monoisotopic (exact) mass is 197 g/mol. The van der Waals surface area contributed by atoms with Gasteiger partial charge in [-0.25, -0.2) is 0 Å². The molecule has 0 amide bonds. The topological polar surface area (TPSA) is 12.0 Å². The molecule has 1 rings (SSSR count). The third-order valence-corrected chi connectivity index (χ3v) is 3.33. The lowest BCUT2D eigenvalue weighted by atomic mass is 10.1. The van der Waals surface area contributed by atoms with Gasteiger partial charge >= 0.3 is 0 Å². The lowest BCUT2D eigenvalue weighted by molar-refractivity contribution is 0.499. The maximum Gasteiger partial charge on any atom is 0.0388 e. The van der Waals surface area contributed by atoms with Crippen LogP contribution in [0.25, 0.3) is 0 Å². The van der Waals surface area contributed by atoms with E-state index in [4.69, 9.17) is 0 Å². The minimum Gasteiger partial charge on any atom is -0.309 e. The lowest BCUT2D eigenvalue weighted by Gasteiger charge is -2.14. The van der Waals surface area contributed by atoms with E-state index in [-0.39, 0.29) is 0 Å². The highest BCUT2D eigenvalue weighted by Gasteiger charge is 2.08. The van der Waals surface area contributed by atoms with E-state index in [1.54, 1.807) is 0 Å². The highest BCUT2D eigenvalue weighted by molar-refractivity contribution is 7.10. The zero-order chi connectivity index (χ0) is 9.84. The van der Waals surface area contributed by atoms with E-state index in [2.05, 4.69) is 44.5 Å².